The van der Waals surface area contributed by atoms with Crippen LogP contribution in [0.2, 0.25) is 5.02 Å². The fraction of sp³-hybridized carbons (Fsp3) is 0.409. The molecule has 200 valence electrons. The van der Waals surface area contributed by atoms with E-state index in [-0.39, 0.29) is 16.8 Å². The largest absolute Gasteiger partial charge is 0.433 e. The number of hydrogen-bond donors (Lipinski definition) is 2. The maximum Gasteiger partial charge on any atom is 0.433 e. The van der Waals surface area contributed by atoms with Crippen molar-refractivity contribution in [3.8, 4) is 11.3 Å². The Labute approximate surface area is 216 Å². The van der Waals surface area contributed by atoms with E-state index in [4.69, 9.17) is 21.1 Å². The molecule has 0 spiro atoms. The Morgan fingerprint density at radius 1 is 1.22 bits per heavy atom. The van der Waals surface area contributed by atoms with Gasteiger partial charge in [0.05, 0.1) is 12.8 Å². The van der Waals surface area contributed by atoms with Crippen LogP contribution in [-0.2, 0) is 15.7 Å². The molecule has 2 aromatic heterocycles. The fourth-order valence-electron chi connectivity index (χ4n) is 4.01. The van der Waals surface area contributed by atoms with Gasteiger partial charge in [0.15, 0.2) is 0 Å². The van der Waals surface area contributed by atoms with E-state index in [0.717, 1.165) is 30.1 Å². The second-order valence-electron chi connectivity index (χ2n) is 8.20. The Balaban J connectivity index is 1.65. The number of halogens is 6. The second kappa shape index (κ2) is 10.8. The summed E-state index contributed by atoms with van der Waals surface area (Å²) in [6.45, 7) is 0.683. The first-order chi connectivity index (χ1) is 17.4. The first-order valence-corrected chi connectivity index (χ1v) is 11.9. The summed E-state index contributed by atoms with van der Waals surface area (Å²) in [6, 6.07) is 2.24. The van der Waals surface area contributed by atoms with E-state index in [2.05, 4.69) is 15.3 Å². The van der Waals surface area contributed by atoms with Gasteiger partial charge in [-0.1, -0.05) is 28.6 Å². The molecule has 0 radical (unpaired) electrons. The molecular formula is C22H20ClF5N4O4S. The molecule has 1 aliphatic rings. The van der Waals surface area contributed by atoms with E-state index in [1.165, 1.54) is 31.0 Å². The molecule has 1 aromatic carbocycles. The summed E-state index contributed by atoms with van der Waals surface area (Å²) in [5, 5.41) is 27.9. The molecular weight excluding hydrogens is 547 g/mol. The number of aliphatic hydroxyl groups excluding tert-OH is 2. The van der Waals surface area contributed by atoms with Crippen LogP contribution in [0.15, 0.2) is 35.5 Å². The van der Waals surface area contributed by atoms with Crippen LogP contribution < -0.4 is 0 Å². The molecule has 4 rings (SSSR count). The van der Waals surface area contributed by atoms with Gasteiger partial charge in [-0.15, -0.1) is 5.10 Å². The highest BCUT2D eigenvalue weighted by Crippen LogP contribution is 2.40. The first kappa shape index (κ1) is 27.7. The zero-order valence-electron chi connectivity index (χ0n) is 19.2. The van der Waals surface area contributed by atoms with Crippen molar-refractivity contribution in [2.75, 3.05) is 13.7 Å². The molecule has 0 saturated carbocycles. The van der Waals surface area contributed by atoms with E-state index in [0.29, 0.717) is 4.90 Å². The summed E-state index contributed by atoms with van der Waals surface area (Å²) in [4.78, 5) is 3.84. The molecule has 5 unspecified atom stereocenters. The van der Waals surface area contributed by atoms with Crippen LogP contribution in [0.25, 0.3) is 11.3 Å². The lowest BCUT2D eigenvalue weighted by atomic mass is 9.97. The predicted molar refractivity (Wildman–Crippen MR) is 122 cm³/mol. The van der Waals surface area contributed by atoms with Crippen molar-refractivity contribution in [1.82, 2.24) is 20.0 Å². The van der Waals surface area contributed by atoms with Crippen molar-refractivity contribution in [2.24, 2.45) is 0 Å². The fourth-order valence-corrected chi connectivity index (χ4v) is 5.35. The van der Waals surface area contributed by atoms with Crippen molar-refractivity contribution in [1.29, 1.82) is 0 Å². The predicted octanol–water partition coefficient (Wildman–Crippen LogP) is 4.03. The number of aryl methyl sites for hydroxylation is 1. The number of alkyl halides is 3. The van der Waals surface area contributed by atoms with Crippen LogP contribution in [0.5, 0.6) is 0 Å². The van der Waals surface area contributed by atoms with E-state index in [1.807, 2.05) is 0 Å². The quantitative estimate of drug-likeness (QED) is 0.341. The van der Waals surface area contributed by atoms with Crippen molar-refractivity contribution < 1.29 is 41.6 Å². The van der Waals surface area contributed by atoms with Gasteiger partial charge in [0.25, 0.3) is 0 Å². The van der Waals surface area contributed by atoms with Gasteiger partial charge in [-0.2, -0.15) is 13.2 Å². The Morgan fingerprint density at radius 3 is 2.46 bits per heavy atom. The highest BCUT2D eigenvalue weighted by Gasteiger charge is 2.47. The summed E-state index contributed by atoms with van der Waals surface area (Å²) < 4.78 is 79.7. The van der Waals surface area contributed by atoms with E-state index in [9.17, 15) is 32.2 Å². The van der Waals surface area contributed by atoms with Gasteiger partial charge < -0.3 is 19.7 Å². The minimum absolute atomic E-state index is 0.0390. The highest BCUT2D eigenvalue weighted by molar-refractivity contribution is 7.99. The molecule has 2 N–H and O–H groups in total. The Hall–Kier alpha value is -2.36. The summed E-state index contributed by atoms with van der Waals surface area (Å²) in [6.07, 6.45) is -5.65. The second-order valence-corrected chi connectivity index (χ2v) is 9.75. The van der Waals surface area contributed by atoms with E-state index >= 15 is 0 Å². The minimum Gasteiger partial charge on any atom is -0.394 e. The van der Waals surface area contributed by atoms with Gasteiger partial charge in [-0.3, -0.25) is 4.98 Å². The number of rotatable bonds is 6. The number of hydrogen-bond acceptors (Lipinski definition) is 8. The maximum absolute atomic E-state index is 13.9. The van der Waals surface area contributed by atoms with Crippen molar-refractivity contribution in [3.63, 3.8) is 0 Å². The molecule has 1 aliphatic heterocycles. The SMILES string of the molecule is COC1C(Sc2cnc(C(F)(F)F)c(C)c2)OC(CO)C(O)C1n1cc(-c2cc(F)c(Cl)c(F)c2)nn1. The van der Waals surface area contributed by atoms with Crippen molar-refractivity contribution in [3.05, 3.63) is 58.5 Å². The smallest absolute Gasteiger partial charge is 0.394 e. The van der Waals surface area contributed by atoms with Gasteiger partial charge in [0, 0.05) is 23.8 Å². The Bertz CT molecular complexity index is 1260. The minimum atomic E-state index is -4.61. The maximum atomic E-state index is 13.9. The van der Waals surface area contributed by atoms with Gasteiger partial charge in [-0.25, -0.2) is 13.5 Å². The van der Waals surface area contributed by atoms with Crippen LogP contribution in [0.3, 0.4) is 0 Å². The third-order valence-electron chi connectivity index (χ3n) is 5.77. The normalized spacial score (nSPS) is 24.4. The molecule has 3 heterocycles. The average molecular weight is 567 g/mol. The molecule has 0 bridgehead atoms. The summed E-state index contributed by atoms with van der Waals surface area (Å²) in [7, 11) is 1.33. The molecule has 1 saturated heterocycles. The molecule has 0 aliphatic carbocycles. The van der Waals surface area contributed by atoms with E-state index in [1.54, 1.807) is 0 Å². The number of methoxy groups -OCH3 is 1. The van der Waals surface area contributed by atoms with Crippen LogP contribution in [0, 0.1) is 18.6 Å². The lowest BCUT2D eigenvalue weighted by molar-refractivity contribution is -0.186. The molecule has 1 fully saturated rings. The standard InChI is InChI=1S/C22H20ClF5N4O4S/c1-9-3-11(6-29-20(9)22(26,27)28)37-21-19(35-2)17(18(34)15(8-33)36-21)32-7-14(30-31-32)10-4-12(24)16(23)13(25)5-10/h3-7,15,17-19,21,33-34H,8H2,1-2H3. The summed E-state index contributed by atoms with van der Waals surface area (Å²) >= 11 is 6.52. The zero-order chi connectivity index (χ0) is 27.1. The highest BCUT2D eigenvalue weighted by atomic mass is 35.5. The number of benzene rings is 1. The molecule has 37 heavy (non-hydrogen) atoms. The van der Waals surface area contributed by atoms with Crippen molar-refractivity contribution >= 4 is 23.4 Å². The third-order valence-corrected chi connectivity index (χ3v) is 7.23. The lowest BCUT2D eigenvalue weighted by Gasteiger charge is -2.43. The first-order valence-electron chi connectivity index (χ1n) is 10.7. The number of nitrogens with zero attached hydrogens (tertiary/aromatic N) is 4. The van der Waals surface area contributed by atoms with Crippen LogP contribution in [0.4, 0.5) is 22.0 Å². The van der Waals surface area contributed by atoms with Crippen molar-refractivity contribution in [2.45, 2.75) is 47.8 Å². The van der Waals surface area contributed by atoms with E-state index < -0.39 is 64.9 Å². The molecule has 3 aromatic rings. The summed E-state index contributed by atoms with van der Waals surface area (Å²) in [5.41, 5.74) is -1.93. The number of pyridine rings is 1. The van der Waals surface area contributed by atoms with Crippen LogP contribution in [-0.4, -0.2) is 67.7 Å². The molecule has 8 nitrogen and oxygen atoms in total. The molecule has 15 heteroatoms. The lowest BCUT2D eigenvalue weighted by Crippen LogP contribution is -2.55. The van der Waals surface area contributed by atoms with Gasteiger partial charge >= 0.3 is 6.18 Å². The number of aliphatic hydroxyl groups is 2. The molecule has 5 atom stereocenters. The van der Waals surface area contributed by atoms with Gasteiger partial charge in [0.2, 0.25) is 0 Å². The van der Waals surface area contributed by atoms with Crippen LogP contribution >= 0.6 is 23.4 Å². The monoisotopic (exact) mass is 566 g/mol. The Kier molecular flexibility index (Phi) is 8.07. The van der Waals surface area contributed by atoms with Gasteiger partial charge in [-0.05, 0) is 30.7 Å². The van der Waals surface area contributed by atoms with Gasteiger partial charge in [0.1, 0.15) is 57.8 Å². The Morgan fingerprint density at radius 2 is 1.89 bits per heavy atom. The summed E-state index contributed by atoms with van der Waals surface area (Å²) in [5.74, 6) is -1.99. The zero-order valence-corrected chi connectivity index (χ0v) is 20.7. The third kappa shape index (κ3) is 5.59. The number of ether oxygens (including phenoxy) is 2. The van der Waals surface area contributed by atoms with Crippen LogP contribution in [0.1, 0.15) is 17.3 Å². The average Bonchev–Trinajstić information content (AvgIpc) is 3.31. The number of aromatic nitrogens is 4. The number of thioether (sulfide) groups is 1. The molecule has 0 amide bonds. The topological polar surface area (TPSA) is 103 Å².